The van der Waals surface area contributed by atoms with Crippen LogP contribution in [0, 0.1) is 0 Å². The van der Waals surface area contributed by atoms with Crippen molar-refractivity contribution in [2.45, 2.75) is 0 Å². The number of rotatable bonds is 4. The minimum Gasteiger partial charge on any atom is -0.455 e. The molecule has 11 rings (SSSR count). The fourth-order valence-corrected chi connectivity index (χ4v) is 8.17. The van der Waals surface area contributed by atoms with Crippen LogP contribution in [-0.4, -0.2) is 4.57 Å². The molecule has 0 radical (unpaired) electrons. The minimum atomic E-state index is 0.849. The van der Waals surface area contributed by atoms with Crippen molar-refractivity contribution in [2.24, 2.45) is 0 Å². The summed E-state index contributed by atoms with van der Waals surface area (Å²) in [6, 6.07) is 62.2. The Balaban J connectivity index is 1.23. The Hall–Kier alpha value is -6.84. The average Bonchev–Trinajstić information content (AvgIpc) is 3.87. The van der Waals surface area contributed by atoms with E-state index in [0.717, 1.165) is 82.9 Å². The van der Waals surface area contributed by atoms with E-state index in [-0.39, 0.29) is 0 Å². The van der Waals surface area contributed by atoms with Gasteiger partial charge in [0.25, 0.3) is 0 Å². The molecule has 3 nitrogen and oxygen atoms in total. The van der Waals surface area contributed by atoms with Crippen LogP contribution in [0.3, 0.4) is 0 Å². The zero-order chi connectivity index (χ0) is 33.5. The molecule has 3 heterocycles. The number of fused-ring (bicyclic) bond motifs is 9. The van der Waals surface area contributed by atoms with E-state index in [0.29, 0.717) is 0 Å². The smallest absolute Gasteiger partial charge is 0.144 e. The molecule has 11 aromatic rings. The second kappa shape index (κ2) is 10.8. The second-order valence-electron chi connectivity index (χ2n) is 13.2. The van der Waals surface area contributed by atoms with Crippen LogP contribution in [0.15, 0.2) is 185 Å². The molecule has 0 saturated heterocycles. The molecular weight excluding hydrogens is 623 g/mol. The van der Waals surface area contributed by atoms with E-state index in [2.05, 4.69) is 174 Å². The van der Waals surface area contributed by atoms with Gasteiger partial charge in [-0.25, -0.2) is 0 Å². The predicted octanol–water partition coefficient (Wildman–Crippen LogP) is 13.6. The molecule has 0 aliphatic rings. The van der Waals surface area contributed by atoms with E-state index < -0.39 is 0 Å². The molecule has 0 amide bonds. The molecule has 0 saturated carbocycles. The monoisotopic (exact) mass is 651 g/mol. The van der Waals surface area contributed by atoms with Gasteiger partial charge in [0, 0.05) is 49.1 Å². The van der Waals surface area contributed by atoms with Crippen LogP contribution in [0.1, 0.15) is 0 Å². The van der Waals surface area contributed by atoms with E-state index in [9.17, 15) is 0 Å². The molecule has 0 spiro atoms. The lowest BCUT2D eigenvalue weighted by Crippen LogP contribution is -1.92. The minimum absolute atomic E-state index is 0.849. The molecule has 0 aliphatic heterocycles. The summed E-state index contributed by atoms with van der Waals surface area (Å²) in [4.78, 5) is 0. The Labute approximate surface area is 293 Å². The zero-order valence-corrected chi connectivity index (χ0v) is 27.5. The number of para-hydroxylation sites is 3. The van der Waals surface area contributed by atoms with Crippen molar-refractivity contribution in [1.82, 2.24) is 4.57 Å². The Morgan fingerprint density at radius 2 is 0.824 bits per heavy atom. The van der Waals surface area contributed by atoms with Crippen LogP contribution >= 0.6 is 0 Å². The van der Waals surface area contributed by atoms with E-state index in [1.807, 2.05) is 6.07 Å². The highest BCUT2D eigenvalue weighted by Gasteiger charge is 2.26. The van der Waals surface area contributed by atoms with Gasteiger partial charge in [-0.05, 0) is 70.8 Å². The fourth-order valence-electron chi connectivity index (χ4n) is 8.17. The molecule has 238 valence electrons. The predicted molar refractivity (Wildman–Crippen MR) is 212 cm³/mol. The fraction of sp³-hybridized carbons (Fsp3) is 0. The Bertz CT molecular complexity index is 3110. The van der Waals surface area contributed by atoms with E-state index in [1.165, 1.54) is 21.8 Å². The maximum atomic E-state index is 6.95. The van der Waals surface area contributed by atoms with Gasteiger partial charge in [0.2, 0.25) is 0 Å². The lowest BCUT2D eigenvalue weighted by molar-refractivity contribution is 0.665. The number of hydrogen-bond donors (Lipinski definition) is 0. The van der Waals surface area contributed by atoms with Crippen molar-refractivity contribution >= 4 is 65.7 Å². The molecule has 0 bridgehead atoms. The molecule has 0 unspecified atom stereocenters. The summed E-state index contributed by atoms with van der Waals surface area (Å²) < 4.78 is 16.1. The highest BCUT2D eigenvalue weighted by molar-refractivity contribution is 6.30. The highest BCUT2D eigenvalue weighted by atomic mass is 16.3. The quantitative estimate of drug-likeness (QED) is 0.190. The third-order valence-corrected chi connectivity index (χ3v) is 10.4. The summed E-state index contributed by atoms with van der Waals surface area (Å²) in [5.41, 5.74) is 13.6. The van der Waals surface area contributed by atoms with Crippen molar-refractivity contribution in [3.63, 3.8) is 0 Å². The van der Waals surface area contributed by atoms with Crippen molar-refractivity contribution < 1.29 is 8.83 Å². The van der Waals surface area contributed by atoms with Gasteiger partial charge in [-0.3, -0.25) is 0 Å². The maximum Gasteiger partial charge on any atom is 0.144 e. The summed E-state index contributed by atoms with van der Waals surface area (Å²) >= 11 is 0. The molecule has 0 N–H and O–H groups in total. The summed E-state index contributed by atoms with van der Waals surface area (Å²) in [7, 11) is 0. The first-order valence-electron chi connectivity index (χ1n) is 17.4. The third kappa shape index (κ3) is 4.12. The number of benzene rings is 8. The van der Waals surface area contributed by atoms with Gasteiger partial charge in [-0.1, -0.05) is 127 Å². The van der Waals surface area contributed by atoms with Gasteiger partial charge >= 0.3 is 0 Å². The van der Waals surface area contributed by atoms with Crippen molar-refractivity contribution in [2.75, 3.05) is 0 Å². The standard InChI is InChI=1S/C48H29NO2/c1-4-14-30(15-5-1)43-45-36-21-11-13-23-41(36)50-47(45)44(31-16-6-2-7-17-31)46-38-29-33(25-27-42(38)51-48(43)46)32-24-26-40-37(28-32)35-20-10-12-22-39(35)49(40)34-18-8-3-9-19-34/h1-29H. The highest BCUT2D eigenvalue weighted by Crippen LogP contribution is 2.51. The first-order valence-corrected chi connectivity index (χ1v) is 17.4. The summed E-state index contributed by atoms with van der Waals surface area (Å²) in [6.45, 7) is 0. The normalized spacial score (nSPS) is 11.9. The first-order chi connectivity index (χ1) is 25.3. The van der Waals surface area contributed by atoms with Crippen LogP contribution in [0.25, 0.3) is 105 Å². The van der Waals surface area contributed by atoms with E-state index in [1.54, 1.807) is 0 Å². The van der Waals surface area contributed by atoms with E-state index in [4.69, 9.17) is 8.83 Å². The van der Waals surface area contributed by atoms with Gasteiger partial charge in [0.15, 0.2) is 0 Å². The molecule has 8 aromatic carbocycles. The van der Waals surface area contributed by atoms with Crippen LogP contribution in [-0.2, 0) is 0 Å². The third-order valence-electron chi connectivity index (χ3n) is 10.4. The van der Waals surface area contributed by atoms with Gasteiger partial charge in [0.1, 0.15) is 22.3 Å². The number of furan rings is 2. The average molecular weight is 652 g/mol. The molecule has 51 heavy (non-hydrogen) atoms. The SMILES string of the molecule is c1ccc(-c2c3oc4ccc(-c5ccc6c(c5)c5ccccc5n6-c5ccccc5)cc4c3c(-c3ccccc3)c3oc4ccccc4c23)cc1. The molecular formula is C48H29NO2. The second-order valence-corrected chi connectivity index (χ2v) is 13.2. The van der Waals surface area contributed by atoms with Gasteiger partial charge in [0.05, 0.1) is 11.0 Å². The van der Waals surface area contributed by atoms with Crippen molar-refractivity contribution in [3.05, 3.63) is 176 Å². The largest absolute Gasteiger partial charge is 0.455 e. The molecule has 0 fully saturated rings. The molecule has 3 aromatic heterocycles. The number of nitrogens with zero attached hydrogens (tertiary/aromatic N) is 1. The van der Waals surface area contributed by atoms with E-state index >= 15 is 0 Å². The molecule has 0 aliphatic carbocycles. The topological polar surface area (TPSA) is 31.2 Å². The number of aromatic nitrogens is 1. The summed E-state index contributed by atoms with van der Waals surface area (Å²) in [5.74, 6) is 0. The van der Waals surface area contributed by atoms with Gasteiger partial charge < -0.3 is 13.4 Å². The Morgan fingerprint density at radius 1 is 0.333 bits per heavy atom. The van der Waals surface area contributed by atoms with Crippen LogP contribution in [0.5, 0.6) is 0 Å². The van der Waals surface area contributed by atoms with Crippen molar-refractivity contribution in [1.29, 1.82) is 0 Å². The summed E-state index contributed by atoms with van der Waals surface area (Å²) in [5, 5.41) is 6.73. The molecule has 3 heteroatoms. The van der Waals surface area contributed by atoms with Gasteiger partial charge in [-0.15, -0.1) is 0 Å². The zero-order valence-electron chi connectivity index (χ0n) is 27.5. The first kappa shape index (κ1) is 28.0. The lowest BCUT2D eigenvalue weighted by atomic mass is 9.90. The Morgan fingerprint density at radius 3 is 1.51 bits per heavy atom. The maximum absolute atomic E-state index is 6.95. The van der Waals surface area contributed by atoms with Crippen LogP contribution < -0.4 is 0 Å². The van der Waals surface area contributed by atoms with Gasteiger partial charge in [-0.2, -0.15) is 0 Å². The number of hydrogen-bond acceptors (Lipinski definition) is 2. The summed E-state index contributed by atoms with van der Waals surface area (Å²) in [6.07, 6.45) is 0. The van der Waals surface area contributed by atoms with Crippen LogP contribution in [0.4, 0.5) is 0 Å². The van der Waals surface area contributed by atoms with Crippen molar-refractivity contribution in [3.8, 4) is 39.1 Å². The molecule has 0 atom stereocenters. The van der Waals surface area contributed by atoms with Crippen LogP contribution in [0.2, 0.25) is 0 Å². The Kier molecular flexibility index (Phi) is 5.96. The lowest BCUT2D eigenvalue weighted by Gasteiger charge is -2.11.